The molecular formula is C13H10FNO2. The number of phenols is 1. The van der Waals surface area contributed by atoms with E-state index in [1.165, 1.54) is 24.3 Å². The lowest BCUT2D eigenvalue weighted by Crippen LogP contribution is -2.11. The van der Waals surface area contributed by atoms with Crippen LogP contribution in [0.3, 0.4) is 0 Å². The number of nitrogens with two attached hydrogens (primary N) is 1. The van der Waals surface area contributed by atoms with E-state index in [0.717, 1.165) is 6.07 Å². The Morgan fingerprint density at radius 2 is 1.94 bits per heavy atom. The molecule has 3 nitrogen and oxygen atoms in total. The van der Waals surface area contributed by atoms with Crippen LogP contribution in [-0.2, 0) is 0 Å². The number of hydrogen-bond acceptors (Lipinski definition) is 2. The topological polar surface area (TPSA) is 63.3 Å². The third-order valence-corrected chi connectivity index (χ3v) is 2.41. The van der Waals surface area contributed by atoms with Crippen molar-refractivity contribution in [1.29, 1.82) is 0 Å². The van der Waals surface area contributed by atoms with Gasteiger partial charge in [0.05, 0.1) is 0 Å². The third-order valence-electron chi connectivity index (χ3n) is 2.41. The Morgan fingerprint density at radius 1 is 1.18 bits per heavy atom. The highest BCUT2D eigenvalue weighted by Gasteiger charge is 2.09. The summed E-state index contributed by atoms with van der Waals surface area (Å²) in [4.78, 5) is 10.9. The fraction of sp³-hybridized carbons (Fsp3) is 0. The van der Waals surface area contributed by atoms with Gasteiger partial charge >= 0.3 is 0 Å². The number of carbonyl (C=O) groups excluding carboxylic acids is 1. The maximum atomic E-state index is 13.7. The number of rotatable bonds is 2. The fourth-order valence-corrected chi connectivity index (χ4v) is 1.58. The van der Waals surface area contributed by atoms with Crippen LogP contribution >= 0.6 is 0 Å². The molecule has 1 amide bonds. The molecule has 0 unspecified atom stereocenters. The first-order valence-corrected chi connectivity index (χ1v) is 4.96. The van der Waals surface area contributed by atoms with Crippen LogP contribution in [0.15, 0.2) is 42.5 Å². The molecule has 2 rings (SSSR count). The molecule has 4 heteroatoms. The first-order chi connectivity index (χ1) is 8.08. The van der Waals surface area contributed by atoms with Gasteiger partial charge in [-0.05, 0) is 29.8 Å². The summed E-state index contributed by atoms with van der Waals surface area (Å²) >= 11 is 0. The van der Waals surface area contributed by atoms with Crippen molar-refractivity contribution in [3.8, 4) is 16.9 Å². The molecule has 86 valence electrons. The number of halogens is 1. The smallest absolute Gasteiger partial charge is 0.248 e. The standard InChI is InChI=1S/C13H10FNO2/c14-12-7-9(13(15)17)4-5-11(12)8-2-1-3-10(16)6-8/h1-7,16H,(H2,15,17). The van der Waals surface area contributed by atoms with Crippen LogP contribution in [0.5, 0.6) is 5.75 Å². The van der Waals surface area contributed by atoms with Gasteiger partial charge in [-0.1, -0.05) is 18.2 Å². The summed E-state index contributed by atoms with van der Waals surface area (Å²) in [7, 11) is 0. The fourth-order valence-electron chi connectivity index (χ4n) is 1.58. The quantitative estimate of drug-likeness (QED) is 0.832. The Labute approximate surface area is 97.3 Å². The number of hydrogen-bond donors (Lipinski definition) is 2. The summed E-state index contributed by atoms with van der Waals surface area (Å²) in [5, 5.41) is 9.31. The number of aromatic hydroxyl groups is 1. The highest BCUT2D eigenvalue weighted by Crippen LogP contribution is 2.26. The van der Waals surface area contributed by atoms with Crippen molar-refractivity contribution in [3.63, 3.8) is 0 Å². The van der Waals surface area contributed by atoms with E-state index >= 15 is 0 Å². The van der Waals surface area contributed by atoms with Gasteiger partial charge in [0.15, 0.2) is 0 Å². The molecule has 0 aromatic heterocycles. The van der Waals surface area contributed by atoms with Crippen molar-refractivity contribution < 1.29 is 14.3 Å². The average molecular weight is 231 g/mol. The lowest BCUT2D eigenvalue weighted by Gasteiger charge is -2.05. The van der Waals surface area contributed by atoms with Gasteiger partial charge in [0.25, 0.3) is 0 Å². The molecule has 0 atom stereocenters. The van der Waals surface area contributed by atoms with Crippen LogP contribution in [0.4, 0.5) is 4.39 Å². The highest BCUT2D eigenvalue weighted by molar-refractivity contribution is 5.93. The summed E-state index contributed by atoms with van der Waals surface area (Å²) < 4.78 is 13.7. The van der Waals surface area contributed by atoms with Crippen molar-refractivity contribution in [1.82, 2.24) is 0 Å². The van der Waals surface area contributed by atoms with Gasteiger partial charge in [-0.25, -0.2) is 4.39 Å². The minimum absolute atomic E-state index is 0.0564. The predicted octanol–water partition coefficient (Wildman–Crippen LogP) is 2.30. The molecule has 3 N–H and O–H groups in total. The minimum Gasteiger partial charge on any atom is -0.508 e. The first-order valence-electron chi connectivity index (χ1n) is 4.96. The normalized spacial score (nSPS) is 10.2. The van der Waals surface area contributed by atoms with E-state index in [1.807, 2.05) is 0 Å². The van der Waals surface area contributed by atoms with Crippen molar-refractivity contribution in [2.45, 2.75) is 0 Å². The van der Waals surface area contributed by atoms with Crippen LogP contribution in [0.1, 0.15) is 10.4 Å². The molecule has 0 saturated carbocycles. The summed E-state index contributed by atoms with van der Waals surface area (Å²) in [6, 6.07) is 10.2. The summed E-state index contributed by atoms with van der Waals surface area (Å²) in [6.07, 6.45) is 0. The van der Waals surface area contributed by atoms with Gasteiger partial charge in [-0.3, -0.25) is 4.79 Å². The maximum Gasteiger partial charge on any atom is 0.248 e. The maximum absolute atomic E-state index is 13.7. The summed E-state index contributed by atoms with van der Waals surface area (Å²) in [5.41, 5.74) is 6.02. The second-order valence-corrected chi connectivity index (χ2v) is 3.61. The van der Waals surface area contributed by atoms with Crippen molar-refractivity contribution in [3.05, 3.63) is 53.8 Å². The molecule has 0 aliphatic rings. The monoisotopic (exact) mass is 231 g/mol. The SMILES string of the molecule is NC(=O)c1ccc(-c2cccc(O)c2)c(F)c1. The van der Waals surface area contributed by atoms with Crippen LogP contribution < -0.4 is 5.73 Å². The van der Waals surface area contributed by atoms with Crippen molar-refractivity contribution in [2.24, 2.45) is 5.73 Å². The number of carbonyl (C=O) groups is 1. The van der Waals surface area contributed by atoms with Gasteiger partial charge in [0.1, 0.15) is 11.6 Å². The third kappa shape index (κ3) is 2.25. The number of benzene rings is 2. The Bertz CT molecular complexity index is 581. The minimum atomic E-state index is -0.675. The molecule has 2 aromatic carbocycles. The van der Waals surface area contributed by atoms with E-state index < -0.39 is 11.7 Å². The Morgan fingerprint density at radius 3 is 2.53 bits per heavy atom. The van der Waals surface area contributed by atoms with Gasteiger partial charge in [0.2, 0.25) is 5.91 Å². The molecule has 0 aliphatic carbocycles. The second kappa shape index (κ2) is 4.25. The Hall–Kier alpha value is -2.36. The van der Waals surface area contributed by atoms with Crippen molar-refractivity contribution in [2.75, 3.05) is 0 Å². The van der Waals surface area contributed by atoms with E-state index in [-0.39, 0.29) is 11.3 Å². The molecule has 17 heavy (non-hydrogen) atoms. The molecule has 0 aliphatic heterocycles. The van der Waals surface area contributed by atoms with E-state index in [1.54, 1.807) is 12.1 Å². The zero-order valence-electron chi connectivity index (χ0n) is 8.85. The molecule has 0 fully saturated rings. The first kappa shape index (κ1) is 11.1. The highest BCUT2D eigenvalue weighted by atomic mass is 19.1. The van der Waals surface area contributed by atoms with E-state index in [4.69, 9.17) is 5.73 Å². The van der Waals surface area contributed by atoms with Crippen LogP contribution in [-0.4, -0.2) is 11.0 Å². The largest absolute Gasteiger partial charge is 0.508 e. The lowest BCUT2D eigenvalue weighted by atomic mass is 10.0. The molecule has 0 bridgehead atoms. The van der Waals surface area contributed by atoms with Crippen LogP contribution in [0.2, 0.25) is 0 Å². The Balaban J connectivity index is 2.50. The molecule has 2 aromatic rings. The summed E-state index contributed by atoms with van der Waals surface area (Å²) in [5.74, 6) is -1.17. The van der Waals surface area contributed by atoms with Gasteiger partial charge in [0, 0.05) is 11.1 Å². The number of primary amides is 1. The Kier molecular flexibility index (Phi) is 2.78. The van der Waals surface area contributed by atoms with Crippen LogP contribution in [0.25, 0.3) is 11.1 Å². The molecular weight excluding hydrogens is 221 g/mol. The summed E-state index contributed by atoms with van der Waals surface area (Å²) in [6.45, 7) is 0. The number of amides is 1. The number of phenolic OH excluding ortho intramolecular Hbond substituents is 1. The van der Waals surface area contributed by atoms with Gasteiger partial charge < -0.3 is 10.8 Å². The van der Waals surface area contributed by atoms with E-state index in [2.05, 4.69) is 0 Å². The van der Waals surface area contributed by atoms with E-state index in [0.29, 0.717) is 11.1 Å². The molecule has 0 radical (unpaired) electrons. The van der Waals surface area contributed by atoms with Crippen molar-refractivity contribution >= 4 is 5.91 Å². The van der Waals surface area contributed by atoms with Gasteiger partial charge in [-0.15, -0.1) is 0 Å². The zero-order chi connectivity index (χ0) is 12.4. The second-order valence-electron chi connectivity index (χ2n) is 3.61. The van der Waals surface area contributed by atoms with E-state index in [9.17, 15) is 14.3 Å². The lowest BCUT2D eigenvalue weighted by molar-refractivity contribution is 0.1000. The average Bonchev–Trinajstić information content (AvgIpc) is 2.28. The molecule has 0 heterocycles. The van der Waals surface area contributed by atoms with Crippen LogP contribution in [0, 0.1) is 5.82 Å². The zero-order valence-corrected chi connectivity index (χ0v) is 8.85. The molecule has 0 spiro atoms. The van der Waals surface area contributed by atoms with Gasteiger partial charge in [-0.2, -0.15) is 0 Å². The predicted molar refractivity (Wildman–Crippen MR) is 62.0 cm³/mol. The molecule has 0 saturated heterocycles.